The molecule has 4 aromatic rings. The number of nitrogens with one attached hydrogen (secondary N) is 3. The van der Waals surface area contributed by atoms with E-state index in [0.717, 1.165) is 33.3 Å². The molecule has 0 saturated heterocycles. The highest BCUT2D eigenvalue weighted by Gasteiger charge is 2.16. The van der Waals surface area contributed by atoms with E-state index in [1.807, 2.05) is 73.8 Å². The lowest BCUT2D eigenvalue weighted by molar-refractivity contribution is -0.117. The molecular formula is C28H26N6O2. The maximum Gasteiger partial charge on any atom is 0.231 e. The highest BCUT2D eigenvalue weighted by Crippen LogP contribution is 2.26. The smallest absolute Gasteiger partial charge is 0.231 e. The molecule has 8 nitrogen and oxygen atoms in total. The van der Waals surface area contributed by atoms with Crippen molar-refractivity contribution in [3.8, 4) is 11.9 Å². The van der Waals surface area contributed by atoms with E-state index in [2.05, 4.69) is 25.9 Å². The average Bonchev–Trinajstić information content (AvgIpc) is 2.92. The van der Waals surface area contributed by atoms with Crippen molar-refractivity contribution in [3.63, 3.8) is 0 Å². The second-order valence-electron chi connectivity index (χ2n) is 8.14. The van der Waals surface area contributed by atoms with Gasteiger partial charge in [0.1, 0.15) is 5.75 Å². The van der Waals surface area contributed by atoms with Crippen molar-refractivity contribution in [3.05, 3.63) is 96.3 Å². The number of methoxy groups -OCH3 is 1. The van der Waals surface area contributed by atoms with Crippen LogP contribution < -0.4 is 20.7 Å². The van der Waals surface area contributed by atoms with Gasteiger partial charge in [-0.15, -0.1) is 0 Å². The molecule has 4 rings (SSSR count). The first-order valence-electron chi connectivity index (χ1n) is 11.4. The number of pyridine rings is 1. The Balaban J connectivity index is 1.38. The fourth-order valence-electron chi connectivity index (χ4n) is 3.64. The van der Waals surface area contributed by atoms with Crippen LogP contribution in [-0.2, 0) is 11.3 Å². The lowest BCUT2D eigenvalue weighted by Gasteiger charge is -2.14. The first-order chi connectivity index (χ1) is 17.6. The van der Waals surface area contributed by atoms with Gasteiger partial charge >= 0.3 is 0 Å². The first-order valence-corrected chi connectivity index (χ1v) is 11.4. The number of amides is 1. The monoisotopic (exact) mass is 478 g/mol. The number of guanidine groups is 1. The predicted octanol–water partition coefficient (Wildman–Crippen LogP) is 5.02. The zero-order valence-electron chi connectivity index (χ0n) is 20.0. The summed E-state index contributed by atoms with van der Waals surface area (Å²) in [5.74, 6) is 0.733. The van der Waals surface area contributed by atoms with Gasteiger partial charge in [-0.25, -0.2) is 4.99 Å². The molecule has 1 atom stereocenters. The summed E-state index contributed by atoms with van der Waals surface area (Å²) in [7, 11) is 1.65. The zero-order valence-corrected chi connectivity index (χ0v) is 20.0. The van der Waals surface area contributed by atoms with Crippen molar-refractivity contribution < 1.29 is 9.53 Å². The molecule has 0 aliphatic rings. The van der Waals surface area contributed by atoms with Gasteiger partial charge in [0, 0.05) is 23.8 Å². The van der Waals surface area contributed by atoms with E-state index in [9.17, 15) is 4.79 Å². The van der Waals surface area contributed by atoms with Gasteiger partial charge in [0.05, 0.1) is 19.6 Å². The van der Waals surface area contributed by atoms with Crippen LogP contribution in [0.25, 0.3) is 10.8 Å². The number of rotatable bonds is 7. The molecule has 0 fully saturated rings. The van der Waals surface area contributed by atoms with Gasteiger partial charge in [-0.05, 0) is 65.2 Å². The second kappa shape index (κ2) is 11.5. The molecule has 0 aliphatic carbocycles. The summed E-state index contributed by atoms with van der Waals surface area (Å²) in [4.78, 5) is 21.3. The van der Waals surface area contributed by atoms with E-state index in [0.29, 0.717) is 18.2 Å². The number of nitrogens with zero attached hydrogens (tertiary/aromatic N) is 3. The van der Waals surface area contributed by atoms with Crippen LogP contribution in [0.3, 0.4) is 0 Å². The maximum atomic E-state index is 12.9. The molecule has 1 aromatic heterocycles. The molecule has 1 heterocycles. The number of aromatic nitrogens is 1. The van der Waals surface area contributed by atoms with E-state index in [-0.39, 0.29) is 11.8 Å². The number of ether oxygens (including phenoxy) is 1. The van der Waals surface area contributed by atoms with Crippen LogP contribution in [-0.4, -0.2) is 24.0 Å². The molecule has 0 radical (unpaired) electrons. The number of hydrogen-bond acceptors (Lipinski definition) is 5. The maximum absolute atomic E-state index is 12.9. The average molecular weight is 479 g/mol. The summed E-state index contributed by atoms with van der Waals surface area (Å²) in [5.41, 5.74) is 3.34. The van der Waals surface area contributed by atoms with Gasteiger partial charge in [0.15, 0.2) is 6.19 Å². The Morgan fingerprint density at radius 2 is 1.67 bits per heavy atom. The molecule has 1 amide bonds. The van der Waals surface area contributed by atoms with Gasteiger partial charge in [0.25, 0.3) is 0 Å². The highest BCUT2D eigenvalue weighted by molar-refractivity contribution is 5.97. The normalized spacial score (nSPS) is 11.9. The van der Waals surface area contributed by atoms with Crippen LogP contribution in [0.2, 0.25) is 0 Å². The lowest BCUT2D eigenvalue weighted by Crippen LogP contribution is -2.26. The molecule has 8 heteroatoms. The lowest BCUT2D eigenvalue weighted by atomic mass is 9.97. The molecular weight excluding hydrogens is 452 g/mol. The standard InChI is InChI=1S/C28H26N6O2/c1-19(21-5-6-23-16-26(36-2)10-7-22(23)15-21)27(35)33-24-8-3-20(4-9-24)17-31-28(32-18-29)34-25-11-13-30-14-12-25/h3-16,19H,17H2,1-2H3,(H,33,35)(H2,30,31,32,34). The molecule has 3 N–H and O–H groups in total. The number of benzene rings is 3. The van der Waals surface area contributed by atoms with E-state index >= 15 is 0 Å². The van der Waals surface area contributed by atoms with Gasteiger partial charge in [-0.1, -0.05) is 36.4 Å². The third-order valence-electron chi connectivity index (χ3n) is 5.72. The zero-order chi connectivity index (χ0) is 25.3. The van der Waals surface area contributed by atoms with Crippen LogP contribution >= 0.6 is 0 Å². The van der Waals surface area contributed by atoms with E-state index in [1.54, 1.807) is 31.6 Å². The number of carbonyl (C=O) groups excluding carboxylic acids is 1. The quantitative estimate of drug-likeness (QED) is 0.149. The van der Waals surface area contributed by atoms with E-state index in [1.165, 1.54) is 0 Å². The summed E-state index contributed by atoms with van der Waals surface area (Å²) in [6.07, 6.45) is 5.18. The number of nitriles is 1. The van der Waals surface area contributed by atoms with Crippen molar-refractivity contribution in [2.45, 2.75) is 19.4 Å². The van der Waals surface area contributed by atoms with Gasteiger partial charge < -0.3 is 15.4 Å². The first kappa shape index (κ1) is 24.2. The van der Waals surface area contributed by atoms with Gasteiger partial charge in [-0.3, -0.25) is 15.1 Å². The third kappa shape index (κ3) is 6.15. The van der Waals surface area contributed by atoms with Crippen LogP contribution in [0, 0.1) is 11.5 Å². The Labute approximate surface area is 209 Å². The Bertz CT molecular complexity index is 1410. The SMILES string of the molecule is COc1ccc2cc(C(C)C(=O)Nc3ccc(CN=C(NC#N)Nc4ccncc4)cc3)ccc2c1. The fourth-order valence-corrected chi connectivity index (χ4v) is 3.64. The Hall–Kier alpha value is -4.90. The van der Waals surface area contributed by atoms with Crippen LogP contribution in [0.5, 0.6) is 5.75 Å². The summed E-state index contributed by atoms with van der Waals surface area (Å²) in [6, 6.07) is 22.9. The minimum Gasteiger partial charge on any atom is -0.497 e. The number of anilines is 2. The summed E-state index contributed by atoms with van der Waals surface area (Å²) in [5, 5.41) is 19.7. The molecule has 0 aliphatic heterocycles. The summed E-state index contributed by atoms with van der Waals surface area (Å²) in [6.45, 7) is 2.25. The van der Waals surface area contributed by atoms with Gasteiger partial charge in [-0.2, -0.15) is 5.26 Å². The number of carbonyl (C=O) groups is 1. The number of hydrogen-bond donors (Lipinski definition) is 3. The van der Waals surface area contributed by atoms with Crippen LogP contribution in [0.4, 0.5) is 11.4 Å². The number of fused-ring (bicyclic) bond motifs is 1. The summed E-state index contributed by atoms with van der Waals surface area (Å²) >= 11 is 0. The number of aliphatic imine (C=N–C) groups is 1. The van der Waals surface area contributed by atoms with Crippen molar-refractivity contribution in [1.29, 1.82) is 5.26 Å². The van der Waals surface area contributed by atoms with Crippen molar-refractivity contribution >= 4 is 34.0 Å². The largest absolute Gasteiger partial charge is 0.497 e. The Morgan fingerprint density at radius 1 is 0.972 bits per heavy atom. The predicted molar refractivity (Wildman–Crippen MR) is 142 cm³/mol. The molecule has 0 saturated carbocycles. The van der Waals surface area contributed by atoms with Crippen LogP contribution in [0.1, 0.15) is 24.0 Å². The van der Waals surface area contributed by atoms with E-state index in [4.69, 9.17) is 10.00 Å². The molecule has 36 heavy (non-hydrogen) atoms. The molecule has 0 spiro atoms. The minimum atomic E-state index is -0.320. The van der Waals surface area contributed by atoms with Crippen molar-refractivity contribution in [2.75, 3.05) is 17.7 Å². The van der Waals surface area contributed by atoms with Gasteiger partial charge in [0.2, 0.25) is 11.9 Å². The Morgan fingerprint density at radius 3 is 2.39 bits per heavy atom. The summed E-state index contributed by atoms with van der Waals surface area (Å²) < 4.78 is 5.28. The van der Waals surface area contributed by atoms with Crippen LogP contribution in [0.15, 0.2) is 90.2 Å². The molecule has 180 valence electrons. The van der Waals surface area contributed by atoms with Crippen molar-refractivity contribution in [2.24, 2.45) is 4.99 Å². The third-order valence-corrected chi connectivity index (χ3v) is 5.72. The van der Waals surface area contributed by atoms with Crippen molar-refractivity contribution in [1.82, 2.24) is 10.3 Å². The van der Waals surface area contributed by atoms with E-state index < -0.39 is 0 Å². The minimum absolute atomic E-state index is 0.0873. The molecule has 1 unspecified atom stereocenters. The molecule has 0 bridgehead atoms. The highest BCUT2D eigenvalue weighted by atomic mass is 16.5. The Kier molecular flexibility index (Phi) is 7.73. The fraction of sp³-hybridized carbons (Fsp3) is 0.143. The topological polar surface area (TPSA) is 111 Å². The second-order valence-corrected chi connectivity index (χ2v) is 8.14. The molecule has 3 aromatic carbocycles.